The van der Waals surface area contributed by atoms with Gasteiger partial charge >= 0.3 is 0 Å². The number of nitrogens with one attached hydrogen (secondary N) is 2. The third-order valence-corrected chi connectivity index (χ3v) is 3.98. The summed E-state index contributed by atoms with van der Waals surface area (Å²) < 4.78 is -1.74. The highest BCUT2D eigenvalue weighted by molar-refractivity contribution is 6.68. The molecule has 2 aromatic rings. The van der Waals surface area contributed by atoms with Gasteiger partial charge in [0.05, 0.1) is 0 Å². The van der Waals surface area contributed by atoms with Crippen LogP contribution in [0.1, 0.15) is 15.9 Å². The highest BCUT2D eigenvalue weighted by Crippen LogP contribution is 2.31. The molecular weight excluding hydrogens is 378 g/mol. The molecular formula is C16H14Cl4N2O. The highest BCUT2D eigenvalue weighted by atomic mass is 35.6. The van der Waals surface area contributed by atoms with E-state index in [4.69, 9.17) is 46.4 Å². The van der Waals surface area contributed by atoms with Crippen molar-refractivity contribution in [1.29, 1.82) is 0 Å². The summed E-state index contributed by atoms with van der Waals surface area (Å²) in [6.07, 6.45) is -0.914. The fraction of sp³-hybridized carbons (Fsp3) is 0.188. The molecule has 0 aromatic heterocycles. The van der Waals surface area contributed by atoms with Crippen LogP contribution in [-0.4, -0.2) is 15.9 Å². The first kappa shape index (κ1) is 18.2. The molecule has 2 aromatic carbocycles. The van der Waals surface area contributed by atoms with Gasteiger partial charge in [-0.25, -0.2) is 0 Å². The Bertz CT molecular complexity index is 666. The summed E-state index contributed by atoms with van der Waals surface area (Å²) in [6, 6.07) is 13.9. The first-order chi connectivity index (χ1) is 10.8. The molecule has 0 spiro atoms. The Kier molecular flexibility index (Phi) is 6.04. The van der Waals surface area contributed by atoms with E-state index < -0.39 is 9.96 Å². The number of alkyl halides is 3. The lowest BCUT2D eigenvalue weighted by Gasteiger charge is -2.27. The Morgan fingerprint density at radius 1 is 1.00 bits per heavy atom. The summed E-state index contributed by atoms with van der Waals surface area (Å²) in [5, 5.41) is 6.24. The average molecular weight is 392 g/mol. The van der Waals surface area contributed by atoms with Gasteiger partial charge in [0, 0.05) is 16.3 Å². The molecule has 0 saturated carbocycles. The normalized spacial score (nSPS) is 12.6. The van der Waals surface area contributed by atoms with Crippen LogP contribution in [0.25, 0.3) is 0 Å². The molecule has 2 rings (SSSR count). The van der Waals surface area contributed by atoms with Gasteiger partial charge in [-0.2, -0.15) is 0 Å². The van der Waals surface area contributed by atoms with Crippen molar-refractivity contribution in [3.63, 3.8) is 0 Å². The van der Waals surface area contributed by atoms with Gasteiger partial charge in [-0.1, -0.05) is 64.1 Å². The molecule has 7 heteroatoms. The number of carbonyl (C=O) groups excluding carboxylic acids is 1. The monoisotopic (exact) mass is 390 g/mol. The molecule has 1 atom stereocenters. The lowest BCUT2D eigenvalue weighted by atomic mass is 10.1. The number of amides is 1. The van der Waals surface area contributed by atoms with Crippen molar-refractivity contribution in [2.24, 2.45) is 0 Å². The Morgan fingerprint density at radius 3 is 2.09 bits per heavy atom. The minimum Gasteiger partial charge on any atom is -0.362 e. The molecule has 0 aliphatic carbocycles. The molecule has 0 aliphatic heterocycles. The molecule has 0 saturated heterocycles. The van der Waals surface area contributed by atoms with E-state index in [2.05, 4.69) is 10.6 Å². The van der Waals surface area contributed by atoms with Gasteiger partial charge in [-0.3, -0.25) is 4.79 Å². The van der Waals surface area contributed by atoms with Crippen LogP contribution >= 0.6 is 46.4 Å². The van der Waals surface area contributed by atoms with Crippen LogP contribution < -0.4 is 10.6 Å². The second-order valence-corrected chi connectivity index (χ2v) is 7.77. The molecule has 0 radical (unpaired) electrons. The zero-order valence-electron chi connectivity index (χ0n) is 12.1. The summed E-state index contributed by atoms with van der Waals surface area (Å²) in [5.41, 5.74) is 2.20. The summed E-state index contributed by atoms with van der Waals surface area (Å²) in [6.45, 7) is 1.94. The van der Waals surface area contributed by atoms with Crippen molar-refractivity contribution in [2.45, 2.75) is 16.9 Å². The van der Waals surface area contributed by atoms with Gasteiger partial charge in [0.25, 0.3) is 5.91 Å². The van der Waals surface area contributed by atoms with Crippen molar-refractivity contribution >= 4 is 58.0 Å². The molecule has 23 heavy (non-hydrogen) atoms. The zero-order valence-corrected chi connectivity index (χ0v) is 15.1. The number of carbonyl (C=O) groups is 1. The SMILES string of the molecule is Cc1ccc(C(=O)N[C@H](Nc2ccc(Cl)cc2)C(Cl)(Cl)Cl)cc1. The minimum absolute atomic E-state index is 0.345. The second-order valence-electron chi connectivity index (χ2n) is 4.97. The molecule has 0 aliphatic rings. The Hall–Kier alpha value is -1.13. The predicted octanol–water partition coefficient (Wildman–Crippen LogP) is 5.19. The molecule has 0 unspecified atom stereocenters. The van der Waals surface area contributed by atoms with Crippen LogP contribution in [0.15, 0.2) is 48.5 Å². The number of aryl methyl sites for hydroxylation is 1. The van der Waals surface area contributed by atoms with Crippen LogP contribution in [0.3, 0.4) is 0 Å². The van der Waals surface area contributed by atoms with E-state index in [0.717, 1.165) is 5.56 Å². The van der Waals surface area contributed by atoms with Gasteiger partial charge in [-0.05, 0) is 43.3 Å². The Labute approximate surface area is 154 Å². The lowest BCUT2D eigenvalue weighted by molar-refractivity contribution is 0.0942. The van der Waals surface area contributed by atoms with E-state index in [1.165, 1.54) is 0 Å². The minimum atomic E-state index is -1.74. The van der Waals surface area contributed by atoms with Crippen LogP contribution in [0.4, 0.5) is 5.69 Å². The Balaban J connectivity index is 2.14. The van der Waals surface area contributed by atoms with Crippen LogP contribution in [-0.2, 0) is 0 Å². The molecule has 0 fully saturated rings. The van der Waals surface area contributed by atoms with E-state index in [1.807, 2.05) is 19.1 Å². The van der Waals surface area contributed by atoms with Crippen LogP contribution in [0.2, 0.25) is 5.02 Å². The standard InChI is InChI=1S/C16H14Cl4N2O/c1-10-2-4-11(5-3-10)14(23)22-15(16(18,19)20)21-13-8-6-12(17)7-9-13/h2-9,15,21H,1H3,(H,22,23)/t15-/m0/s1. The molecule has 3 nitrogen and oxygen atoms in total. The largest absolute Gasteiger partial charge is 0.362 e. The first-order valence-corrected chi connectivity index (χ1v) is 8.23. The third kappa shape index (κ3) is 5.47. The highest BCUT2D eigenvalue weighted by Gasteiger charge is 2.34. The average Bonchev–Trinajstić information content (AvgIpc) is 2.48. The van der Waals surface area contributed by atoms with E-state index in [0.29, 0.717) is 16.3 Å². The van der Waals surface area contributed by atoms with Crippen molar-refractivity contribution in [3.8, 4) is 0 Å². The van der Waals surface area contributed by atoms with E-state index in [-0.39, 0.29) is 5.91 Å². The van der Waals surface area contributed by atoms with Gasteiger partial charge in [0.1, 0.15) is 6.17 Å². The number of hydrogen-bond acceptors (Lipinski definition) is 2. The summed E-state index contributed by atoms with van der Waals surface area (Å²) >= 11 is 23.7. The Morgan fingerprint density at radius 2 is 1.57 bits per heavy atom. The smallest absolute Gasteiger partial charge is 0.252 e. The quantitative estimate of drug-likeness (QED) is 0.556. The third-order valence-electron chi connectivity index (χ3n) is 3.07. The van der Waals surface area contributed by atoms with Crippen LogP contribution in [0.5, 0.6) is 0 Å². The van der Waals surface area contributed by atoms with Gasteiger partial charge in [-0.15, -0.1) is 0 Å². The summed E-state index contributed by atoms with van der Waals surface area (Å²) in [5.74, 6) is -0.345. The second kappa shape index (κ2) is 7.63. The van der Waals surface area contributed by atoms with Crippen molar-refractivity contribution in [1.82, 2.24) is 5.32 Å². The van der Waals surface area contributed by atoms with E-state index in [9.17, 15) is 4.79 Å². The molecule has 0 bridgehead atoms. The fourth-order valence-corrected chi connectivity index (χ4v) is 2.29. The predicted molar refractivity (Wildman–Crippen MR) is 97.8 cm³/mol. The van der Waals surface area contributed by atoms with E-state index >= 15 is 0 Å². The summed E-state index contributed by atoms with van der Waals surface area (Å²) in [4.78, 5) is 12.3. The zero-order chi connectivity index (χ0) is 17.0. The summed E-state index contributed by atoms with van der Waals surface area (Å²) in [7, 11) is 0. The maximum absolute atomic E-state index is 12.3. The molecule has 0 heterocycles. The first-order valence-electron chi connectivity index (χ1n) is 6.72. The van der Waals surface area contributed by atoms with Crippen LogP contribution in [0, 0.1) is 6.92 Å². The molecule has 2 N–H and O–H groups in total. The molecule has 1 amide bonds. The van der Waals surface area contributed by atoms with E-state index in [1.54, 1.807) is 36.4 Å². The maximum Gasteiger partial charge on any atom is 0.252 e. The number of rotatable bonds is 4. The number of halogens is 4. The van der Waals surface area contributed by atoms with Gasteiger partial charge in [0.2, 0.25) is 3.79 Å². The molecule has 122 valence electrons. The van der Waals surface area contributed by atoms with Crippen molar-refractivity contribution in [2.75, 3.05) is 5.32 Å². The number of anilines is 1. The topological polar surface area (TPSA) is 41.1 Å². The van der Waals surface area contributed by atoms with Gasteiger partial charge in [0.15, 0.2) is 0 Å². The van der Waals surface area contributed by atoms with Crippen molar-refractivity contribution < 1.29 is 4.79 Å². The van der Waals surface area contributed by atoms with Crippen molar-refractivity contribution in [3.05, 3.63) is 64.7 Å². The number of hydrogen-bond donors (Lipinski definition) is 2. The lowest BCUT2D eigenvalue weighted by Crippen LogP contribution is -2.49. The maximum atomic E-state index is 12.3. The van der Waals surface area contributed by atoms with Gasteiger partial charge < -0.3 is 10.6 Å². The fourth-order valence-electron chi connectivity index (χ4n) is 1.83. The number of benzene rings is 2.